The molecule has 0 amide bonds. The van der Waals surface area contributed by atoms with Gasteiger partial charge in [0.2, 0.25) is 0 Å². The molecule has 2 aliphatic rings. The first-order chi connectivity index (χ1) is 17.4. The summed E-state index contributed by atoms with van der Waals surface area (Å²) in [7, 11) is 0. The zero-order valence-electron chi connectivity index (χ0n) is 21.6. The lowest BCUT2D eigenvalue weighted by Gasteiger charge is -2.41. The van der Waals surface area contributed by atoms with Crippen LogP contribution in [0.3, 0.4) is 0 Å². The van der Waals surface area contributed by atoms with Gasteiger partial charge in [-0.1, -0.05) is 75.9 Å². The van der Waals surface area contributed by atoms with Crippen molar-refractivity contribution in [3.05, 3.63) is 65.7 Å². The van der Waals surface area contributed by atoms with Crippen LogP contribution in [-0.4, -0.2) is 30.6 Å². The van der Waals surface area contributed by atoms with E-state index in [2.05, 4.69) is 15.6 Å². The molecule has 2 N–H and O–H groups in total. The quantitative estimate of drug-likeness (QED) is 0.185. The number of anilines is 1. The summed E-state index contributed by atoms with van der Waals surface area (Å²) >= 11 is 1.32. The fourth-order valence-corrected chi connectivity index (χ4v) is 4.11. The van der Waals surface area contributed by atoms with Crippen LogP contribution in [0.5, 0.6) is 0 Å². The van der Waals surface area contributed by atoms with Gasteiger partial charge in [-0.15, -0.1) is 0 Å². The summed E-state index contributed by atoms with van der Waals surface area (Å²) in [6.45, 7) is 9.06. The molecule has 2 aromatic carbocycles. The predicted molar refractivity (Wildman–Crippen MR) is 144 cm³/mol. The largest absolute Gasteiger partial charge is 0.416 e. The molecule has 0 saturated carbocycles. The minimum absolute atomic E-state index is 0.142. The van der Waals surface area contributed by atoms with Crippen LogP contribution >= 0.6 is 11.8 Å². The topological polar surface area (TPSA) is 69.4 Å². The Kier molecular flexibility index (Phi) is 14.7. The molecule has 2 aromatic rings. The number of nitrogens with one attached hydrogen (secondary N) is 2. The third-order valence-corrected chi connectivity index (χ3v) is 5.95. The van der Waals surface area contributed by atoms with Gasteiger partial charge in [-0.2, -0.15) is 18.4 Å². The third-order valence-electron chi connectivity index (χ3n) is 5.33. The van der Waals surface area contributed by atoms with Crippen LogP contribution in [0.2, 0.25) is 0 Å². The van der Waals surface area contributed by atoms with E-state index in [9.17, 15) is 13.2 Å². The van der Waals surface area contributed by atoms with Gasteiger partial charge in [0, 0.05) is 23.7 Å². The fourth-order valence-electron chi connectivity index (χ4n) is 3.76. The molecule has 1 fully saturated rings. The Morgan fingerprint density at radius 1 is 1.11 bits per heavy atom. The molecule has 5 nitrogen and oxygen atoms in total. The summed E-state index contributed by atoms with van der Waals surface area (Å²) in [5.74, 6) is 0.142. The maximum Gasteiger partial charge on any atom is 0.416 e. The molecule has 2 heterocycles. The predicted octanol–water partition coefficient (Wildman–Crippen LogP) is 7.50. The Hall–Kier alpha value is -2.70. The molecule has 1 saturated heterocycles. The van der Waals surface area contributed by atoms with E-state index in [1.165, 1.54) is 23.9 Å². The van der Waals surface area contributed by atoms with Crippen LogP contribution in [0.1, 0.15) is 57.8 Å². The van der Waals surface area contributed by atoms with Gasteiger partial charge in [-0.25, -0.2) is 0 Å². The summed E-state index contributed by atoms with van der Waals surface area (Å²) in [6.07, 6.45) is 0.347. The lowest BCUT2D eigenvalue weighted by Crippen LogP contribution is -2.38. The lowest BCUT2D eigenvalue weighted by molar-refractivity contribution is -0.137. The summed E-state index contributed by atoms with van der Waals surface area (Å²) in [5, 5.41) is 14.9. The van der Waals surface area contributed by atoms with Gasteiger partial charge in [0.05, 0.1) is 24.3 Å². The molecule has 9 heteroatoms. The minimum Gasteiger partial charge on any atom is -0.384 e. The molecular formula is C27H37F3N4OS. The number of hydrogen-bond acceptors (Lipinski definition) is 5. The van der Waals surface area contributed by atoms with Crippen molar-refractivity contribution in [2.24, 2.45) is 10.9 Å². The smallest absolute Gasteiger partial charge is 0.384 e. The molecule has 2 aliphatic heterocycles. The number of nitriles is 1. The molecule has 36 heavy (non-hydrogen) atoms. The van der Waals surface area contributed by atoms with Gasteiger partial charge in [-0.05, 0) is 37.3 Å². The second-order valence-corrected chi connectivity index (χ2v) is 8.23. The molecule has 3 unspecified atom stereocenters. The lowest BCUT2D eigenvalue weighted by atomic mass is 9.83. The molecule has 4 rings (SSSR count). The van der Waals surface area contributed by atoms with Crippen LogP contribution in [0.15, 0.2) is 59.6 Å². The van der Waals surface area contributed by atoms with E-state index in [0.717, 1.165) is 18.9 Å². The first kappa shape index (κ1) is 31.3. The van der Waals surface area contributed by atoms with Crippen LogP contribution in [0.25, 0.3) is 0 Å². The van der Waals surface area contributed by atoms with E-state index < -0.39 is 11.7 Å². The highest BCUT2D eigenvalue weighted by molar-refractivity contribution is 8.13. The van der Waals surface area contributed by atoms with E-state index >= 15 is 0 Å². The Balaban J connectivity index is 0.000000551. The first-order valence-corrected chi connectivity index (χ1v) is 13.5. The highest BCUT2D eigenvalue weighted by Gasteiger charge is 2.38. The van der Waals surface area contributed by atoms with Crippen molar-refractivity contribution in [2.45, 2.75) is 58.9 Å². The molecule has 0 aliphatic carbocycles. The monoisotopic (exact) mass is 522 g/mol. The van der Waals surface area contributed by atoms with E-state index in [4.69, 9.17) is 10.00 Å². The molecule has 198 valence electrons. The molecular weight excluding hydrogens is 485 g/mol. The molecule has 0 radical (unpaired) electrons. The van der Waals surface area contributed by atoms with Crippen molar-refractivity contribution in [3.63, 3.8) is 0 Å². The number of rotatable bonds is 2. The van der Waals surface area contributed by atoms with Gasteiger partial charge in [0.15, 0.2) is 11.4 Å². The highest BCUT2D eigenvalue weighted by atomic mass is 32.2. The van der Waals surface area contributed by atoms with Gasteiger partial charge in [0.1, 0.15) is 0 Å². The van der Waals surface area contributed by atoms with Gasteiger partial charge in [0.25, 0.3) is 0 Å². The zero-order chi connectivity index (χ0) is 27.0. The summed E-state index contributed by atoms with van der Waals surface area (Å²) < 4.78 is 45.3. The van der Waals surface area contributed by atoms with Crippen LogP contribution in [0, 0.1) is 17.4 Å². The molecule has 0 aromatic heterocycles. The number of nitrogens with zero attached hydrogens (tertiary/aromatic N) is 2. The normalized spacial score (nSPS) is 20.1. The zero-order valence-corrected chi connectivity index (χ0v) is 22.4. The first-order valence-electron chi connectivity index (χ1n) is 12.3. The average molecular weight is 523 g/mol. The maximum absolute atomic E-state index is 13.1. The van der Waals surface area contributed by atoms with Crippen molar-refractivity contribution in [3.8, 4) is 6.19 Å². The number of amidine groups is 1. The number of alkyl halides is 3. The Bertz CT molecular complexity index is 922. The number of halogens is 3. The van der Waals surface area contributed by atoms with Crippen molar-refractivity contribution >= 4 is 22.6 Å². The Labute approximate surface area is 217 Å². The van der Waals surface area contributed by atoms with E-state index in [0.29, 0.717) is 29.5 Å². The van der Waals surface area contributed by atoms with Crippen LogP contribution in [0.4, 0.5) is 18.9 Å². The summed E-state index contributed by atoms with van der Waals surface area (Å²) in [5.41, 5.74) is 0.592. The van der Waals surface area contributed by atoms with Crippen molar-refractivity contribution in [2.75, 3.05) is 24.7 Å². The van der Waals surface area contributed by atoms with Crippen LogP contribution in [-0.2, 0) is 10.9 Å². The number of ether oxygens (including phenoxy) is 1. The SMILES string of the molecule is CC.CC.CSC(=NCC1CCC2CNc3ccc(C(F)(F)F)cc3C2O1)NC#N.c1ccccc1. The third kappa shape index (κ3) is 9.75. The van der Waals surface area contributed by atoms with Crippen molar-refractivity contribution < 1.29 is 17.9 Å². The van der Waals surface area contributed by atoms with Gasteiger partial charge >= 0.3 is 6.18 Å². The Morgan fingerprint density at radius 2 is 1.72 bits per heavy atom. The number of fused-ring (bicyclic) bond motifs is 3. The number of thioether (sulfide) groups is 1. The van der Waals surface area contributed by atoms with Gasteiger partial charge in [-0.3, -0.25) is 10.3 Å². The van der Waals surface area contributed by atoms with Crippen LogP contribution < -0.4 is 10.6 Å². The minimum atomic E-state index is -4.38. The molecule has 0 bridgehead atoms. The van der Waals surface area contributed by atoms with Crippen molar-refractivity contribution in [1.82, 2.24) is 5.32 Å². The summed E-state index contributed by atoms with van der Waals surface area (Å²) in [4.78, 5) is 4.33. The Morgan fingerprint density at radius 3 is 2.25 bits per heavy atom. The van der Waals surface area contributed by atoms with Gasteiger partial charge < -0.3 is 10.1 Å². The maximum atomic E-state index is 13.1. The average Bonchev–Trinajstić information content (AvgIpc) is 2.93. The van der Waals surface area contributed by atoms with E-state index in [1.54, 1.807) is 0 Å². The number of benzene rings is 2. The van der Waals surface area contributed by atoms with E-state index in [1.807, 2.05) is 76.5 Å². The second-order valence-electron chi connectivity index (χ2n) is 7.44. The number of hydrogen-bond donors (Lipinski definition) is 2. The van der Waals surface area contributed by atoms with Crippen molar-refractivity contribution in [1.29, 1.82) is 5.26 Å². The summed E-state index contributed by atoms with van der Waals surface area (Å²) in [6, 6.07) is 15.8. The molecule has 3 atom stereocenters. The fraction of sp³-hybridized carbons (Fsp3) is 0.481. The highest BCUT2D eigenvalue weighted by Crippen LogP contribution is 2.44. The standard InChI is InChI=1S/C17H19F3N4OS.C6H6.2C2H6/c1-26-16(24-9-21)23-8-12-4-2-10-7-22-14-5-3-11(17(18,19)20)6-13(14)15(10)25-12;1-2-4-6-5-3-1;2*1-2/h3,5-6,10,12,15,22H,2,4,7-8H2,1H3,(H,23,24);1-6H;2*1-2H3. The van der Waals surface area contributed by atoms with E-state index in [-0.39, 0.29) is 18.1 Å². The second kappa shape index (κ2) is 16.9. The molecule has 0 spiro atoms. The number of aliphatic imine (C=N–C) groups is 1.